The number of nitrogens with one attached hydrogen (secondary N) is 1. The second-order valence-corrected chi connectivity index (χ2v) is 3.28. The first-order chi connectivity index (χ1) is 5.74. The molecule has 0 atom stereocenters. The first-order valence-corrected chi connectivity index (χ1v) is 4.57. The summed E-state index contributed by atoms with van der Waals surface area (Å²) in [5.74, 6) is -0.0231. The van der Waals surface area contributed by atoms with E-state index >= 15 is 0 Å². The van der Waals surface area contributed by atoms with Crippen molar-refractivity contribution in [3.63, 3.8) is 0 Å². The summed E-state index contributed by atoms with van der Waals surface area (Å²) in [4.78, 5) is 11.2. The van der Waals surface area contributed by atoms with Gasteiger partial charge in [-0.05, 0) is 31.2 Å². The normalized spacial score (nSPS) is 8.77. The number of hydrogen-bond acceptors (Lipinski definition) is 1. The van der Waals surface area contributed by atoms with Crippen molar-refractivity contribution in [2.45, 2.75) is 14.4 Å². The van der Waals surface area contributed by atoms with E-state index in [-0.39, 0.29) is 13.3 Å². The van der Waals surface area contributed by atoms with Gasteiger partial charge in [-0.15, -0.1) is 0 Å². The highest BCUT2D eigenvalue weighted by molar-refractivity contribution is 9.10. The van der Waals surface area contributed by atoms with Gasteiger partial charge in [-0.2, -0.15) is 0 Å². The van der Waals surface area contributed by atoms with Gasteiger partial charge in [0, 0.05) is 16.6 Å². The van der Waals surface area contributed by atoms with Crippen LogP contribution in [-0.4, -0.2) is 12.5 Å². The number of halogens is 1. The fourth-order valence-corrected chi connectivity index (χ4v) is 1.13. The highest BCUT2D eigenvalue weighted by atomic mass is 79.9. The molecule has 0 unspecified atom stereocenters. The lowest BCUT2D eigenvalue weighted by Gasteiger charge is -2.00. The van der Waals surface area contributed by atoms with Crippen molar-refractivity contribution in [2.24, 2.45) is 0 Å². The summed E-state index contributed by atoms with van der Waals surface area (Å²) in [5.41, 5.74) is 0.694. The lowest BCUT2D eigenvalue weighted by molar-refractivity contribution is 0.0956. The number of carbonyl (C=O) groups excluding carboxylic acids is 1. The number of rotatable bonds is 2. The minimum atomic E-state index is -0.0231. The SMILES string of the molecule is C.CCNC(=O)c1ccc(Br)cc1. The van der Waals surface area contributed by atoms with Crippen molar-refractivity contribution in [3.05, 3.63) is 34.3 Å². The number of hydrogen-bond donors (Lipinski definition) is 1. The van der Waals surface area contributed by atoms with Gasteiger partial charge in [0.05, 0.1) is 0 Å². The molecule has 1 rings (SSSR count). The predicted octanol–water partition coefficient (Wildman–Crippen LogP) is 2.83. The maximum atomic E-state index is 11.2. The second-order valence-electron chi connectivity index (χ2n) is 2.37. The summed E-state index contributed by atoms with van der Waals surface area (Å²) in [5, 5.41) is 2.73. The van der Waals surface area contributed by atoms with Crippen LogP contribution in [0.1, 0.15) is 24.7 Å². The molecule has 0 saturated heterocycles. The fourth-order valence-electron chi connectivity index (χ4n) is 0.864. The Morgan fingerprint density at radius 2 is 1.92 bits per heavy atom. The first-order valence-electron chi connectivity index (χ1n) is 3.78. The Morgan fingerprint density at radius 1 is 1.38 bits per heavy atom. The van der Waals surface area contributed by atoms with Crippen molar-refractivity contribution < 1.29 is 4.79 Å². The molecule has 1 amide bonds. The van der Waals surface area contributed by atoms with Gasteiger partial charge in [0.1, 0.15) is 0 Å². The standard InChI is InChI=1S/C9H10BrNO.CH4/c1-2-11-9(12)7-3-5-8(10)6-4-7;/h3-6H,2H2,1H3,(H,11,12);1H4. The molecule has 72 valence electrons. The van der Waals surface area contributed by atoms with Gasteiger partial charge in [0.2, 0.25) is 0 Å². The molecule has 13 heavy (non-hydrogen) atoms. The molecule has 0 bridgehead atoms. The Morgan fingerprint density at radius 3 is 2.38 bits per heavy atom. The van der Waals surface area contributed by atoms with Gasteiger partial charge in [-0.1, -0.05) is 23.4 Å². The zero-order chi connectivity index (χ0) is 8.97. The minimum absolute atomic E-state index is 0. The summed E-state index contributed by atoms with van der Waals surface area (Å²) < 4.78 is 0.982. The minimum Gasteiger partial charge on any atom is -0.352 e. The molecule has 1 N–H and O–H groups in total. The van der Waals surface area contributed by atoms with E-state index in [2.05, 4.69) is 21.2 Å². The van der Waals surface area contributed by atoms with Crippen molar-refractivity contribution in [2.75, 3.05) is 6.54 Å². The number of amides is 1. The van der Waals surface area contributed by atoms with E-state index in [1.165, 1.54) is 0 Å². The van der Waals surface area contributed by atoms with Crippen molar-refractivity contribution in [1.82, 2.24) is 5.32 Å². The summed E-state index contributed by atoms with van der Waals surface area (Å²) >= 11 is 3.30. The van der Waals surface area contributed by atoms with E-state index in [1.54, 1.807) is 12.1 Å². The monoisotopic (exact) mass is 243 g/mol. The van der Waals surface area contributed by atoms with Crippen molar-refractivity contribution >= 4 is 21.8 Å². The molecule has 0 aliphatic heterocycles. The van der Waals surface area contributed by atoms with Gasteiger partial charge in [-0.25, -0.2) is 0 Å². The van der Waals surface area contributed by atoms with E-state index in [1.807, 2.05) is 19.1 Å². The van der Waals surface area contributed by atoms with E-state index in [0.29, 0.717) is 12.1 Å². The summed E-state index contributed by atoms with van der Waals surface area (Å²) in [6.07, 6.45) is 0. The molecule has 0 aliphatic rings. The quantitative estimate of drug-likeness (QED) is 0.851. The molecular weight excluding hydrogens is 230 g/mol. The maximum absolute atomic E-state index is 11.2. The third-order valence-electron chi connectivity index (χ3n) is 1.44. The Bertz CT molecular complexity index is 269. The van der Waals surface area contributed by atoms with Crippen LogP contribution in [0.4, 0.5) is 0 Å². The van der Waals surface area contributed by atoms with Crippen LogP contribution in [0.3, 0.4) is 0 Å². The smallest absolute Gasteiger partial charge is 0.251 e. The van der Waals surface area contributed by atoms with Crippen LogP contribution in [0.15, 0.2) is 28.7 Å². The van der Waals surface area contributed by atoms with Crippen LogP contribution in [-0.2, 0) is 0 Å². The lowest BCUT2D eigenvalue weighted by atomic mass is 10.2. The highest BCUT2D eigenvalue weighted by Crippen LogP contribution is 2.10. The van der Waals surface area contributed by atoms with Crippen LogP contribution >= 0.6 is 15.9 Å². The van der Waals surface area contributed by atoms with Crippen LogP contribution in [0.25, 0.3) is 0 Å². The van der Waals surface area contributed by atoms with Gasteiger partial charge < -0.3 is 5.32 Å². The molecule has 1 aromatic carbocycles. The van der Waals surface area contributed by atoms with E-state index < -0.39 is 0 Å². The Labute approximate surface area is 87.5 Å². The molecule has 0 radical (unpaired) electrons. The third-order valence-corrected chi connectivity index (χ3v) is 1.97. The van der Waals surface area contributed by atoms with Crippen LogP contribution in [0.2, 0.25) is 0 Å². The van der Waals surface area contributed by atoms with E-state index in [4.69, 9.17) is 0 Å². The molecule has 3 heteroatoms. The Kier molecular flexibility index (Phi) is 5.39. The zero-order valence-corrected chi connectivity index (χ0v) is 8.39. The third kappa shape index (κ3) is 3.59. The largest absolute Gasteiger partial charge is 0.352 e. The van der Waals surface area contributed by atoms with Crippen LogP contribution in [0.5, 0.6) is 0 Å². The maximum Gasteiger partial charge on any atom is 0.251 e. The lowest BCUT2D eigenvalue weighted by Crippen LogP contribution is -2.22. The van der Waals surface area contributed by atoms with Gasteiger partial charge in [0.15, 0.2) is 0 Å². The number of carbonyl (C=O) groups is 1. The fraction of sp³-hybridized carbons (Fsp3) is 0.300. The first kappa shape index (κ1) is 12.2. The summed E-state index contributed by atoms with van der Waals surface area (Å²) in [6, 6.07) is 7.28. The average molecular weight is 244 g/mol. The van der Waals surface area contributed by atoms with Crippen molar-refractivity contribution in [1.29, 1.82) is 0 Å². The molecule has 0 fully saturated rings. The zero-order valence-electron chi connectivity index (χ0n) is 6.80. The molecule has 2 nitrogen and oxygen atoms in total. The van der Waals surface area contributed by atoms with E-state index in [0.717, 1.165) is 4.47 Å². The van der Waals surface area contributed by atoms with Crippen LogP contribution in [0, 0.1) is 0 Å². The molecule has 1 aromatic rings. The van der Waals surface area contributed by atoms with Crippen molar-refractivity contribution in [3.8, 4) is 0 Å². The van der Waals surface area contributed by atoms with Gasteiger partial charge >= 0.3 is 0 Å². The van der Waals surface area contributed by atoms with Crippen LogP contribution < -0.4 is 5.32 Å². The molecular formula is C10H14BrNO. The van der Waals surface area contributed by atoms with E-state index in [9.17, 15) is 4.79 Å². The summed E-state index contributed by atoms with van der Waals surface area (Å²) in [6.45, 7) is 2.56. The molecule has 0 aliphatic carbocycles. The Balaban J connectivity index is 0.00000144. The topological polar surface area (TPSA) is 29.1 Å². The van der Waals surface area contributed by atoms with Gasteiger partial charge in [0.25, 0.3) is 5.91 Å². The molecule has 0 saturated carbocycles. The number of benzene rings is 1. The summed E-state index contributed by atoms with van der Waals surface area (Å²) in [7, 11) is 0. The molecule has 0 aromatic heterocycles. The predicted molar refractivity (Wildman–Crippen MR) is 58.9 cm³/mol. The molecule has 0 spiro atoms. The Hall–Kier alpha value is -0.830. The second kappa shape index (κ2) is 5.75. The van der Waals surface area contributed by atoms with Gasteiger partial charge in [-0.3, -0.25) is 4.79 Å². The highest BCUT2D eigenvalue weighted by Gasteiger charge is 2.01. The average Bonchev–Trinajstić information content (AvgIpc) is 2.06. The molecule has 0 heterocycles.